The first-order valence-electron chi connectivity index (χ1n) is 7.33. The lowest BCUT2D eigenvalue weighted by atomic mass is 10.3. The Morgan fingerprint density at radius 2 is 2.24 bits per heavy atom. The van der Waals surface area contributed by atoms with Crippen LogP contribution < -0.4 is 0 Å². The van der Waals surface area contributed by atoms with E-state index in [1.165, 1.54) is 7.11 Å². The van der Waals surface area contributed by atoms with E-state index in [-0.39, 0.29) is 12.5 Å². The van der Waals surface area contributed by atoms with Gasteiger partial charge in [-0.05, 0) is 12.5 Å². The fourth-order valence-electron chi connectivity index (χ4n) is 2.59. The van der Waals surface area contributed by atoms with Gasteiger partial charge in [-0.25, -0.2) is 0 Å². The van der Waals surface area contributed by atoms with Crippen LogP contribution in [0.2, 0.25) is 0 Å². The van der Waals surface area contributed by atoms with Crippen molar-refractivity contribution in [3.8, 4) is 0 Å². The highest BCUT2D eigenvalue weighted by Gasteiger charge is 2.23. The molecule has 0 unspecified atom stereocenters. The molecule has 1 saturated heterocycles. The smallest absolute Gasteiger partial charge is 0.248 e. The molecule has 0 aromatic carbocycles. The fraction of sp³-hybridized carbons (Fsp3) is 0.714. The predicted octanol–water partition coefficient (Wildman–Crippen LogP) is -0.575. The molecule has 1 fully saturated rings. The lowest BCUT2D eigenvalue weighted by molar-refractivity contribution is -0.136. The number of aliphatic hydroxyl groups is 1. The van der Waals surface area contributed by atoms with E-state index in [1.54, 1.807) is 11.1 Å². The Hall–Kier alpha value is -1.44. The number of aliphatic hydroxyl groups excluding tert-OH is 1. The summed E-state index contributed by atoms with van der Waals surface area (Å²) in [6, 6.07) is 1.91. The molecule has 0 radical (unpaired) electrons. The predicted molar refractivity (Wildman–Crippen MR) is 77.7 cm³/mol. The third-order valence-corrected chi connectivity index (χ3v) is 3.63. The second kappa shape index (κ2) is 8.11. The van der Waals surface area contributed by atoms with E-state index in [2.05, 4.69) is 10.00 Å². The zero-order chi connectivity index (χ0) is 15.1. The second-order valence-corrected chi connectivity index (χ2v) is 5.35. The number of amides is 1. The number of aryl methyl sites for hydroxylation is 1. The minimum absolute atomic E-state index is 0.0602. The summed E-state index contributed by atoms with van der Waals surface area (Å²) in [5, 5.41) is 14.2. The van der Waals surface area contributed by atoms with E-state index in [9.17, 15) is 9.90 Å². The molecule has 0 bridgehead atoms. The van der Waals surface area contributed by atoms with E-state index in [0.717, 1.165) is 26.1 Å². The van der Waals surface area contributed by atoms with Crippen LogP contribution in [0.4, 0.5) is 0 Å². The Balaban J connectivity index is 1.76. The summed E-state index contributed by atoms with van der Waals surface area (Å²) in [7, 11) is 1.51. The maximum Gasteiger partial charge on any atom is 0.248 e. The molecule has 7 nitrogen and oxygen atoms in total. The Kier molecular flexibility index (Phi) is 6.16. The number of hydrogen-bond acceptors (Lipinski definition) is 5. The minimum atomic E-state index is -0.502. The number of carbonyl (C=O) groups is 1. The van der Waals surface area contributed by atoms with Gasteiger partial charge in [-0.15, -0.1) is 0 Å². The zero-order valence-corrected chi connectivity index (χ0v) is 12.5. The number of nitrogens with zero attached hydrogens (tertiary/aromatic N) is 4. The number of aromatic nitrogens is 2. The van der Waals surface area contributed by atoms with Crippen molar-refractivity contribution in [2.24, 2.45) is 0 Å². The Bertz CT molecular complexity index is 424. The largest absolute Gasteiger partial charge is 0.390 e. The first-order chi connectivity index (χ1) is 10.2. The van der Waals surface area contributed by atoms with Crippen LogP contribution in [0.3, 0.4) is 0 Å². The van der Waals surface area contributed by atoms with Crippen molar-refractivity contribution in [2.75, 3.05) is 46.4 Å². The number of methoxy groups -OCH3 is 1. The van der Waals surface area contributed by atoms with Gasteiger partial charge in [0.05, 0.1) is 6.10 Å². The highest BCUT2D eigenvalue weighted by Crippen LogP contribution is 2.06. The van der Waals surface area contributed by atoms with E-state index < -0.39 is 6.10 Å². The van der Waals surface area contributed by atoms with Crippen molar-refractivity contribution >= 4 is 5.91 Å². The van der Waals surface area contributed by atoms with E-state index >= 15 is 0 Å². The zero-order valence-electron chi connectivity index (χ0n) is 12.5. The van der Waals surface area contributed by atoms with Crippen LogP contribution in [0, 0.1) is 0 Å². The van der Waals surface area contributed by atoms with Gasteiger partial charge in [0, 0.05) is 58.8 Å². The first kappa shape index (κ1) is 15.9. The average molecular weight is 296 g/mol. The molecule has 0 spiro atoms. The molecule has 1 aliphatic rings. The monoisotopic (exact) mass is 296 g/mol. The van der Waals surface area contributed by atoms with Gasteiger partial charge in [0.25, 0.3) is 0 Å². The van der Waals surface area contributed by atoms with Crippen molar-refractivity contribution in [1.82, 2.24) is 19.6 Å². The molecular weight excluding hydrogens is 272 g/mol. The summed E-state index contributed by atoms with van der Waals surface area (Å²) < 4.78 is 6.78. The van der Waals surface area contributed by atoms with Gasteiger partial charge < -0.3 is 14.7 Å². The van der Waals surface area contributed by atoms with Gasteiger partial charge in [-0.2, -0.15) is 5.10 Å². The maximum absolute atomic E-state index is 11.8. The molecule has 1 aromatic heterocycles. The first-order valence-corrected chi connectivity index (χ1v) is 7.33. The van der Waals surface area contributed by atoms with Gasteiger partial charge in [0.15, 0.2) is 0 Å². The molecule has 2 rings (SSSR count). The van der Waals surface area contributed by atoms with Crippen LogP contribution in [0.25, 0.3) is 0 Å². The van der Waals surface area contributed by atoms with Crippen LogP contribution >= 0.6 is 0 Å². The normalized spacial score (nSPS) is 20.5. The van der Waals surface area contributed by atoms with Gasteiger partial charge in [-0.1, -0.05) is 0 Å². The highest BCUT2D eigenvalue weighted by molar-refractivity contribution is 5.77. The molecular formula is C14H24N4O3. The summed E-state index contributed by atoms with van der Waals surface area (Å²) in [6.07, 6.45) is 4.19. The molecule has 1 aliphatic heterocycles. The average Bonchev–Trinajstić information content (AvgIpc) is 2.89. The van der Waals surface area contributed by atoms with E-state index in [0.29, 0.717) is 19.6 Å². The number of carbonyl (C=O) groups excluding carboxylic acids is 1. The van der Waals surface area contributed by atoms with Gasteiger partial charge in [0.2, 0.25) is 5.91 Å². The SMILES string of the molecule is COCC(=O)N1CCN(CCCn2cccn2)C[C@H](O)C1. The van der Waals surface area contributed by atoms with Crippen molar-refractivity contribution in [3.63, 3.8) is 0 Å². The number of hydrogen-bond donors (Lipinski definition) is 1. The molecule has 118 valence electrons. The van der Waals surface area contributed by atoms with Crippen LogP contribution in [0.1, 0.15) is 6.42 Å². The van der Waals surface area contributed by atoms with Gasteiger partial charge in [0.1, 0.15) is 6.61 Å². The maximum atomic E-state index is 11.8. The quantitative estimate of drug-likeness (QED) is 0.761. The van der Waals surface area contributed by atoms with Crippen molar-refractivity contribution in [1.29, 1.82) is 0 Å². The summed E-state index contributed by atoms with van der Waals surface area (Å²) >= 11 is 0. The molecule has 1 atom stereocenters. The van der Waals surface area contributed by atoms with Crippen molar-refractivity contribution in [2.45, 2.75) is 19.1 Å². The minimum Gasteiger partial charge on any atom is -0.390 e. The lowest BCUT2D eigenvalue weighted by Gasteiger charge is -2.21. The summed E-state index contributed by atoms with van der Waals surface area (Å²) in [5.74, 6) is -0.0602. The highest BCUT2D eigenvalue weighted by atomic mass is 16.5. The number of rotatable bonds is 6. The number of ether oxygens (including phenoxy) is 1. The summed E-state index contributed by atoms with van der Waals surface area (Å²) in [5.41, 5.74) is 0. The molecule has 7 heteroatoms. The molecule has 21 heavy (non-hydrogen) atoms. The van der Waals surface area contributed by atoms with Crippen molar-refractivity contribution in [3.05, 3.63) is 18.5 Å². The molecule has 0 aliphatic carbocycles. The van der Waals surface area contributed by atoms with Crippen LogP contribution in [-0.2, 0) is 16.1 Å². The van der Waals surface area contributed by atoms with Gasteiger partial charge >= 0.3 is 0 Å². The van der Waals surface area contributed by atoms with Crippen LogP contribution in [0.5, 0.6) is 0 Å². The third kappa shape index (κ3) is 5.11. The molecule has 2 heterocycles. The van der Waals surface area contributed by atoms with E-state index in [4.69, 9.17) is 4.74 Å². The topological polar surface area (TPSA) is 70.8 Å². The lowest BCUT2D eigenvalue weighted by Crippen LogP contribution is -2.39. The summed E-state index contributed by atoms with van der Waals surface area (Å²) in [6.45, 7) is 4.25. The summed E-state index contributed by atoms with van der Waals surface area (Å²) in [4.78, 5) is 15.7. The molecule has 0 saturated carbocycles. The number of β-amino-alcohol motifs (C(OH)–C–C–N with tert-alkyl or cyclic N) is 1. The Morgan fingerprint density at radius 1 is 1.38 bits per heavy atom. The van der Waals surface area contributed by atoms with Crippen LogP contribution in [0.15, 0.2) is 18.5 Å². The molecule has 1 N–H and O–H groups in total. The van der Waals surface area contributed by atoms with Crippen molar-refractivity contribution < 1.29 is 14.6 Å². The standard InChI is InChI=1S/C14H24N4O3/c1-21-12-14(20)17-9-8-16(10-13(19)11-17)5-3-7-18-6-2-4-15-18/h2,4,6,13,19H,3,5,7-12H2,1H3/t13-/m0/s1. The van der Waals surface area contributed by atoms with Gasteiger partial charge in [-0.3, -0.25) is 14.4 Å². The third-order valence-electron chi connectivity index (χ3n) is 3.63. The molecule has 1 aromatic rings. The second-order valence-electron chi connectivity index (χ2n) is 5.35. The Labute approximate surface area is 125 Å². The fourth-order valence-corrected chi connectivity index (χ4v) is 2.59. The molecule has 1 amide bonds. The van der Waals surface area contributed by atoms with E-state index in [1.807, 2.05) is 16.9 Å². The Morgan fingerprint density at radius 3 is 2.95 bits per heavy atom. The van der Waals surface area contributed by atoms with Crippen LogP contribution in [-0.4, -0.2) is 83.1 Å².